The SMILES string of the molecule is Cc1ccc(NC(=O)c2ccccc2)c(C2CCN(c3cncc(OCCN(C)C)c3)C2)c1C(F)(F)F. The minimum Gasteiger partial charge on any atom is -0.491 e. The highest BCUT2D eigenvalue weighted by Gasteiger charge is 2.40. The van der Waals surface area contributed by atoms with Crippen molar-refractivity contribution in [3.63, 3.8) is 0 Å². The molecule has 1 aromatic heterocycles. The molecule has 0 saturated carbocycles. The first-order valence-electron chi connectivity index (χ1n) is 12.2. The van der Waals surface area contributed by atoms with Crippen molar-refractivity contribution in [2.24, 2.45) is 0 Å². The van der Waals surface area contributed by atoms with Crippen LogP contribution in [-0.2, 0) is 6.18 Å². The number of halogens is 3. The van der Waals surface area contributed by atoms with Gasteiger partial charge in [-0.2, -0.15) is 13.2 Å². The average Bonchev–Trinajstić information content (AvgIpc) is 3.35. The molecule has 1 amide bonds. The van der Waals surface area contributed by atoms with E-state index in [0.717, 1.165) is 12.2 Å². The van der Waals surface area contributed by atoms with Crippen molar-refractivity contribution in [3.05, 3.63) is 83.2 Å². The van der Waals surface area contributed by atoms with Gasteiger partial charge in [0.15, 0.2) is 0 Å². The van der Waals surface area contributed by atoms with Crippen LogP contribution in [0.4, 0.5) is 24.5 Å². The second-order valence-electron chi connectivity index (χ2n) is 9.50. The van der Waals surface area contributed by atoms with Crippen molar-refractivity contribution in [2.75, 3.05) is 50.6 Å². The second-order valence-corrected chi connectivity index (χ2v) is 9.50. The van der Waals surface area contributed by atoms with Crippen LogP contribution >= 0.6 is 0 Å². The number of hydrogen-bond donors (Lipinski definition) is 1. The van der Waals surface area contributed by atoms with Gasteiger partial charge in [-0.3, -0.25) is 9.78 Å². The number of carbonyl (C=O) groups excluding carboxylic acids is 1. The maximum absolute atomic E-state index is 14.3. The zero-order chi connectivity index (χ0) is 26.6. The van der Waals surface area contributed by atoms with E-state index in [-0.39, 0.29) is 16.8 Å². The van der Waals surface area contributed by atoms with Crippen LogP contribution in [0.2, 0.25) is 0 Å². The number of nitrogens with one attached hydrogen (secondary N) is 1. The van der Waals surface area contributed by atoms with Gasteiger partial charge in [0.25, 0.3) is 5.91 Å². The first-order chi connectivity index (χ1) is 17.6. The van der Waals surface area contributed by atoms with Crippen LogP contribution in [-0.4, -0.2) is 56.1 Å². The number of hydrogen-bond acceptors (Lipinski definition) is 5. The molecule has 2 heterocycles. The smallest absolute Gasteiger partial charge is 0.417 e. The summed E-state index contributed by atoms with van der Waals surface area (Å²) in [6.45, 7) is 3.64. The van der Waals surface area contributed by atoms with Crippen molar-refractivity contribution in [2.45, 2.75) is 25.4 Å². The lowest BCUT2D eigenvalue weighted by atomic mass is 9.88. The summed E-state index contributed by atoms with van der Waals surface area (Å²) < 4.78 is 48.7. The molecule has 0 radical (unpaired) electrons. The Kier molecular flexibility index (Phi) is 8.02. The highest BCUT2D eigenvalue weighted by molar-refractivity contribution is 6.04. The monoisotopic (exact) mass is 512 g/mol. The lowest BCUT2D eigenvalue weighted by Crippen LogP contribution is -2.23. The Hall–Kier alpha value is -3.59. The normalized spacial score (nSPS) is 15.8. The maximum atomic E-state index is 14.3. The van der Waals surface area contributed by atoms with E-state index in [1.807, 2.05) is 30.0 Å². The van der Waals surface area contributed by atoms with Gasteiger partial charge in [-0.25, -0.2) is 0 Å². The van der Waals surface area contributed by atoms with Gasteiger partial charge in [0, 0.05) is 42.9 Å². The topological polar surface area (TPSA) is 57.7 Å². The predicted octanol–water partition coefficient (Wildman–Crippen LogP) is 5.60. The van der Waals surface area contributed by atoms with E-state index >= 15 is 0 Å². The number of anilines is 2. The van der Waals surface area contributed by atoms with Crippen molar-refractivity contribution < 1.29 is 22.7 Å². The summed E-state index contributed by atoms with van der Waals surface area (Å²) in [6.07, 6.45) is -0.721. The molecule has 37 heavy (non-hydrogen) atoms. The van der Waals surface area contributed by atoms with Gasteiger partial charge >= 0.3 is 6.18 Å². The minimum atomic E-state index is -4.55. The summed E-state index contributed by atoms with van der Waals surface area (Å²) in [4.78, 5) is 21.1. The highest BCUT2D eigenvalue weighted by Crippen LogP contribution is 2.44. The third-order valence-corrected chi connectivity index (χ3v) is 6.49. The Morgan fingerprint density at radius 2 is 1.92 bits per heavy atom. The highest BCUT2D eigenvalue weighted by atomic mass is 19.4. The van der Waals surface area contributed by atoms with Gasteiger partial charge in [0.05, 0.1) is 23.6 Å². The van der Waals surface area contributed by atoms with Crippen LogP contribution in [0.25, 0.3) is 0 Å². The Morgan fingerprint density at radius 3 is 2.62 bits per heavy atom. The lowest BCUT2D eigenvalue weighted by molar-refractivity contribution is -0.138. The number of likely N-dealkylation sites (N-methyl/N-ethyl adjacent to an activating group) is 1. The fraction of sp³-hybridized carbons (Fsp3) is 0.357. The molecule has 1 aliphatic heterocycles. The number of ether oxygens (including phenoxy) is 1. The summed E-state index contributed by atoms with van der Waals surface area (Å²) in [5.41, 5.74) is 0.956. The lowest BCUT2D eigenvalue weighted by Gasteiger charge is -2.25. The van der Waals surface area contributed by atoms with Gasteiger partial charge in [-0.1, -0.05) is 24.3 Å². The van der Waals surface area contributed by atoms with Crippen molar-refractivity contribution in [3.8, 4) is 5.75 Å². The number of amides is 1. The summed E-state index contributed by atoms with van der Waals surface area (Å²) in [6, 6.07) is 13.3. The number of aryl methyl sites for hydroxylation is 1. The summed E-state index contributed by atoms with van der Waals surface area (Å²) >= 11 is 0. The Balaban J connectivity index is 1.61. The number of nitrogens with zero attached hydrogens (tertiary/aromatic N) is 3. The standard InChI is InChI=1S/C28H31F3N4O2/c1-19-9-10-24(33-27(36)20-7-5-4-6-8-20)25(26(19)28(29,30)31)21-11-12-35(18-21)22-15-23(17-32-16-22)37-14-13-34(2)3/h4-10,15-17,21H,11-14,18H2,1-3H3,(H,33,36). The van der Waals surface area contributed by atoms with Crippen molar-refractivity contribution in [1.82, 2.24) is 9.88 Å². The van der Waals surface area contributed by atoms with Crippen LogP contribution in [0.3, 0.4) is 0 Å². The van der Waals surface area contributed by atoms with E-state index in [9.17, 15) is 18.0 Å². The van der Waals surface area contributed by atoms with E-state index in [0.29, 0.717) is 37.4 Å². The molecule has 1 fully saturated rings. The van der Waals surface area contributed by atoms with Gasteiger partial charge in [0.2, 0.25) is 0 Å². The minimum absolute atomic E-state index is 0.130. The molecule has 9 heteroatoms. The van der Waals surface area contributed by atoms with E-state index in [1.54, 1.807) is 48.8 Å². The largest absolute Gasteiger partial charge is 0.491 e. The predicted molar refractivity (Wildman–Crippen MR) is 138 cm³/mol. The molecule has 4 rings (SSSR count). The zero-order valence-electron chi connectivity index (χ0n) is 21.2. The fourth-order valence-electron chi connectivity index (χ4n) is 4.66. The van der Waals surface area contributed by atoms with Crippen LogP contribution in [0.5, 0.6) is 5.75 Å². The Bertz CT molecular complexity index is 1230. The van der Waals surface area contributed by atoms with Crippen LogP contribution in [0, 0.1) is 6.92 Å². The number of aromatic nitrogens is 1. The van der Waals surface area contributed by atoms with Crippen molar-refractivity contribution >= 4 is 17.3 Å². The third-order valence-electron chi connectivity index (χ3n) is 6.49. The van der Waals surface area contributed by atoms with Crippen LogP contribution in [0.1, 0.15) is 39.4 Å². The first-order valence-corrected chi connectivity index (χ1v) is 12.2. The van der Waals surface area contributed by atoms with Gasteiger partial charge in [0.1, 0.15) is 12.4 Å². The average molecular weight is 513 g/mol. The molecular formula is C28H31F3N4O2. The fourth-order valence-corrected chi connectivity index (χ4v) is 4.66. The molecule has 0 aliphatic carbocycles. The molecule has 1 aliphatic rings. The first kappa shape index (κ1) is 26.5. The second kappa shape index (κ2) is 11.2. The molecule has 2 aromatic carbocycles. The molecule has 1 saturated heterocycles. The number of carbonyl (C=O) groups is 1. The molecule has 1 atom stereocenters. The van der Waals surface area contributed by atoms with Crippen LogP contribution in [0.15, 0.2) is 60.9 Å². The Morgan fingerprint density at radius 1 is 1.16 bits per heavy atom. The van der Waals surface area contributed by atoms with Crippen LogP contribution < -0.4 is 15.0 Å². The van der Waals surface area contributed by atoms with Gasteiger partial charge < -0.3 is 19.9 Å². The molecular weight excluding hydrogens is 481 g/mol. The molecule has 6 nitrogen and oxygen atoms in total. The number of alkyl halides is 3. The van der Waals surface area contributed by atoms with Crippen molar-refractivity contribution in [1.29, 1.82) is 0 Å². The maximum Gasteiger partial charge on any atom is 0.417 e. The number of benzene rings is 2. The number of pyridine rings is 1. The molecule has 1 unspecified atom stereocenters. The van der Waals surface area contributed by atoms with E-state index in [2.05, 4.69) is 10.3 Å². The third kappa shape index (κ3) is 6.40. The van der Waals surface area contributed by atoms with Gasteiger partial charge in [-0.05, 0) is 56.8 Å². The van der Waals surface area contributed by atoms with E-state index < -0.39 is 23.6 Å². The zero-order valence-corrected chi connectivity index (χ0v) is 21.2. The van der Waals surface area contributed by atoms with Gasteiger partial charge in [-0.15, -0.1) is 0 Å². The quantitative estimate of drug-likeness (QED) is 0.426. The van der Waals surface area contributed by atoms with E-state index in [4.69, 9.17) is 4.74 Å². The number of rotatable bonds is 8. The molecule has 3 aromatic rings. The summed E-state index contributed by atoms with van der Waals surface area (Å²) in [5.74, 6) is -0.258. The molecule has 0 bridgehead atoms. The van der Waals surface area contributed by atoms with E-state index in [1.165, 1.54) is 13.0 Å². The summed E-state index contributed by atoms with van der Waals surface area (Å²) in [5, 5.41) is 2.75. The Labute approximate surface area is 215 Å². The molecule has 196 valence electrons. The molecule has 0 spiro atoms. The summed E-state index contributed by atoms with van der Waals surface area (Å²) in [7, 11) is 3.92. The molecule has 1 N–H and O–H groups in total.